The molecule has 0 fully saturated rings. The van der Waals surface area contributed by atoms with E-state index in [1.165, 1.54) is 0 Å². The highest BCUT2D eigenvalue weighted by Gasteiger charge is 2.10. The SMILES string of the molecule is COc1ccc2[nH]cc(-c3cc4cncnc4[nH]3)c2c1. The Morgan fingerprint density at radius 3 is 3.00 bits per heavy atom. The number of fused-ring (bicyclic) bond motifs is 2. The van der Waals surface area contributed by atoms with Crippen molar-refractivity contribution >= 4 is 21.9 Å². The van der Waals surface area contributed by atoms with Gasteiger partial charge in [0.15, 0.2) is 0 Å². The Morgan fingerprint density at radius 2 is 2.15 bits per heavy atom. The molecule has 0 amide bonds. The molecule has 0 atom stereocenters. The molecule has 3 aromatic heterocycles. The Balaban J connectivity index is 1.96. The van der Waals surface area contributed by atoms with E-state index in [-0.39, 0.29) is 0 Å². The van der Waals surface area contributed by atoms with Crippen LogP contribution >= 0.6 is 0 Å². The first-order chi connectivity index (χ1) is 9.85. The van der Waals surface area contributed by atoms with E-state index in [2.05, 4.69) is 26.0 Å². The minimum absolute atomic E-state index is 0.840. The molecule has 0 saturated carbocycles. The van der Waals surface area contributed by atoms with E-state index in [1.54, 1.807) is 19.6 Å². The van der Waals surface area contributed by atoms with Crippen molar-refractivity contribution in [2.45, 2.75) is 0 Å². The van der Waals surface area contributed by atoms with Gasteiger partial charge in [-0.1, -0.05) is 0 Å². The van der Waals surface area contributed by atoms with E-state index in [1.807, 2.05) is 24.4 Å². The maximum absolute atomic E-state index is 5.30. The lowest BCUT2D eigenvalue weighted by molar-refractivity contribution is 0.415. The summed E-state index contributed by atoms with van der Waals surface area (Å²) in [5.74, 6) is 0.842. The van der Waals surface area contributed by atoms with Crippen molar-refractivity contribution in [3.8, 4) is 17.0 Å². The molecule has 98 valence electrons. The number of hydrogen-bond donors (Lipinski definition) is 2. The molecule has 0 aliphatic heterocycles. The van der Waals surface area contributed by atoms with Crippen LogP contribution in [0.1, 0.15) is 0 Å². The summed E-state index contributed by atoms with van der Waals surface area (Å²) in [4.78, 5) is 14.8. The van der Waals surface area contributed by atoms with E-state index >= 15 is 0 Å². The van der Waals surface area contributed by atoms with E-state index in [0.717, 1.165) is 38.9 Å². The topological polar surface area (TPSA) is 66.6 Å². The van der Waals surface area contributed by atoms with Crippen LogP contribution in [0.2, 0.25) is 0 Å². The highest BCUT2D eigenvalue weighted by molar-refractivity contribution is 5.97. The van der Waals surface area contributed by atoms with Gasteiger partial charge in [-0.25, -0.2) is 9.97 Å². The first kappa shape index (κ1) is 11.0. The molecule has 0 unspecified atom stereocenters. The summed E-state index contributed by atoms with van der Waals surface area (Å²) in [6.07, 6.45) is 5.33. The lowest BCUT2D eigenvalue weighted by Gasteiger charge is -2.00. The third-order valence-electron chi connectivity index (χ3n) is 3.47. The Hall–Kier alpha value is -2.82. The number of aromatic amines is 2. The summed E-state index contributed by atoms with van der Waals surface area (Å²) < 4.78 is 5.30. The third kappa shape index (κ3) is 1.56. The number of aromatic nitrogens is 4. The summed E-state index contributed by atoms with van der Waals surface area (Å²) in [6, 6.07) is 8.04. The lowest BCUT2D eigenvalue weighted by atomic mass is 10.1. The molecule has 2 N–H and O–H groups in total. The third-order valence-corrected chi connectivity index (χ3v) is 3.47. The van der Waals surface area contributed by atoms with Crippen LogP contribution in [0.25, 0.3) is 33.2 Å². The zero-order chi connectivity index (χ0) is 13.5. The van der Waals surface area contributed by atoms with Crippen LogP contribution in [0, 0.1) is 0 Å². The normalized spacial score (nSPS) is 11.2. The molecule has 3 heterocycles. The Kier molecular flexibility index (Phi) is 2.26. The molecule has 0 aliphatic rings. The van der Waals surface area contributed by atoms with E-state index in [0.29, 0.717) is 0 Å². The number of nitrogens with zero attached hydrogens (tertiary/aromatic N) is 2. The molecular formula is C15H12N4O. The molecule has 4 aromatic rings. The van der Waals surface area contributed by atoms with Crippen LogP contribution in [0.3, 0.4) is 0 Å². The summed E-state index contributed by atoms with van der Waals surface area (Å²) in [5, 5.41) is 2.11. The maximum atomic E-state index is 5.30. The molecule has 1 aromatic carbocycles. The second kappa shape index (κ2) is 4.09. The molecular weight excluding hydrogens is 252 g/mol. The van der Waals surface area contributed by atoms with Crippen molar-refractivity contribution < 1.29 is 4.74 Å². The number of ether oxygens (including phenoxy) is 1. The van der Waals surface area contributed by atoms with Crippen LogP contribution in [0.4, 0.5) is 0 Å². The van der Waals surface area contributed by atoms with E-state index < -0.39 is 0 Å². The monoisotopic (exact) mass is 264 g/mol. The van der Waals surface area contributed by atoms with Gasteiger partial charge in [-0.05, 0) is 24.3 Å². The first-order valence-electron chi connectivity index (χ1n) is 6.29. The second-order valence-electron chi connectivity index (χ2n) is 4.62. The van der Waals surface area contributed by atoms with Crippen LogP contribution in [-0.2, 0) is 0 Å². The number of hydrogen-bond acceptors (Lipinski definition) is 3. The average Bonchev–Trinajstić information content (AvgIpc) is 3.09. The fourth-order valence-corrected chi connectivity index (χ4v) is 2.46. The minimum atomic E-state index is 0.840. The Labute approximate surface area is 114 Å². The zero-order valence-corrected chi connectivity index (χ0v) is 10.8. The van der Waals surface area contributed by atoms with Gasteiger partial charge in [-0.15, -0.1) is 0 Å². The predicted octanol–water partition coefficient (Wildman–Crippen LogP) is 3.11. The van der Waals surface area contributed by atoms with Crippen molar-refractivity contribution in [1.29, 1.82) is 0 Å². The van der Waals surface area contributed by atoms with Crippen LogP contribution < -0.4 is 4.74 Å². The summed E-state index contributed by atoms with van der Waals surface area (Å²) in [7, 11) is 1.67. The molecule has 5 heteroatoms. The van der Waals surface area contributed by atoms with Gasteiger partial charge >= 0.3 is 0 Å². The number of methoxy groups -OCH3 is 1. The summed E-state index contributed by atoms with van der Waals surface area (Å²) in [5.41, 5.74) is 4.02. The highest BCUT2D eigenvalue weighted by Crippen LogP contribution is 2.31. The van der Waals surface area contributed by atoms with E-state index in [4.69, 9.17) is 4.74 Å². The summed E-state index contributed by atoms with van der Waals surface area (Å²) in [6.45, 7) is 0. The second-order valence-corrected chi connectivity index (χ2v) is 4.62. The maximum Gasteiger partial charge on any atom is 0.141 e. The van der Waals surface area contributed by atoms with Crippen molar-refractivity contribution in [1.82, 2.24) is 19.9 Å². The lowest BCUT2D eigenvalue weighted by Crippen LogP contribution is -1.82. The number of H-pyrrole nitrogens is 2. The molecule has 0 spiro atoms. The van der Waals surface area contributed by atoms with Gasteiger partial charge in [-0.2, -0.15) is 0 Å². The zero-order valence-electron chi connectivity index (χ0n) is 10.8. The molecule has 4 rings (SSSR count). The molecule has 5 nitrogen and oxygen atoms in total. The van der Waals surface area contributed by atoms with Crippen LogP contribution in [-0.4, -0.2) is 27.0 Å². The summed E-state index contributed by atoms with van der Waals surface area (Å²) >= 11 is 0. The molecule has 0 aliphatic carbocycles. The van der Waals surface area contributed by atoms with Crippen LogP contribution in [0.15, 0.2) is 43.0 Å². The van der Waals surface area contributed by atoms with E-state index in [9.17, 15) is 0 Å². The fraction of sp³-hybridized carbons (Fsp3) is 0.0667. The number of nitrogens with one attached hydrogen (secondary N) is 2. The van der Waals surface area contributed by atoms with Gasteiger partial charge in [0, 0.05) is 39.9 Å². The average molecular weight is 264 g/mol. The van der Waals surface area contributed by atoms with Gasteiger partial charge in [0.1, 0.15) is 17.7 Å². The highest BCUT2D eigenvalue weighted by atomic mass is 16.5. The quantitative estimate of drug-likeness (QED) is 0.584. The largest absolute Gasteiger partial charge is 0.497 e. The van der Waals surface area contributed by atoms with Crippen molar-refractivity contribution in [2.75, 3.05) is 7.11 Å². The van der Waals surface area contributed by atoms with Gasteiger partial charge in [0.25, 0.3) is 0 Å². The Morgan fingerprint density at radius 1 is 1.20 bits per heavy atom. The molecule has 0 radical (unpaired) electrons. The van der Waals surface area contributed by atoms with Crippen LogP contribution in [0.5, 0.6) is 5.75 Å². The predicted molar refractivity (Wildman–Crippen MR) is 77.7 cm³/mol. The smallest absolute Gasteiger partial charge is 0.141 e. The molecule has 0 saturated heterocycles. The van der Waals surface area contributed by atoms with Crippen molar-refractivity contribution in [3.05, 3.63) is 43.0 Å². The van der Waals surface area contributed by atoms with Gasteiger partial charge < -0.3 is 14.7 Å². The standard InChI is InChI=1S/C15H12N4O/c1-20-10-2-3-13-11(5-10)12(7-17-13)14-4-9-6-16-8-18-15(9)19-14/h2-8,17H,1H3,(H,16,18,19). The van der Waals surface area contributed by atoms with Crippen molar-refractivity contribution in [3.63, 3.8) is 0 Å². The van der Waals surface area contributed by atoms with Gasteiger partial charge in [0.2, 0.25) is 0 Å². The fourth-order valence-electron chi connectivity index (χ4n) is 2.46. The Bertz CT molecular complexity index is 873. The first-order valence-corrected chi connectivity index (χ1v) is 6.29. The number of rotatable bonds is 2. The molecule has 0 bridgehead atoms. The number of benzene rings is 1. The molecule has 20 heavy (non-hydrogen) atoms. The van der Waals surface area contributed by atoms with Gasteiger partial charge in [-0.3, -0.25) is 0 Å². The minimum Gasteiger partial charge on any atom is -0.497 e. The van der Waals surface area contributed by atoms with Crippen molar-refractivity contribution in [2.24, 2.45) is 0 Å². The van der Waals surface area contributed by atoms with Gasteiger partial charge in [0.05, 0.1) is 7.11 Å².